The Morgan fingerprint density at radius 2 is 1.92 bits per heavy atom. The molecule has 9 heteroatoms. The zero-order valence-corrected chi connectivity index (χ0v) is 15.6. The van der Waals surface area contributed by atoms with E-state index in [0.29, 0.717) is 6.42 Å². The molecular formula is C16H22N2O5S2. The number of carbonyl (C=O) groups is 1. The summed E-state index contributed by atoms with van der Waals surface area (Å²) in [5.41, 5.74) is 5.11. The second-order valence-corrected chi connectivity index (χ2v) is 11.0. The molecule has 0 aliphatic carbocycles. The number of hydrogen-bond acceptors (Lipinski definition) is 5. The summed E-state index contributed by atoms with van der Waals surface area (Å²) in [7, 11) is -7.22. The van der Waals surface area contributed by atoms with Crippen molar-refractivity contribution in [1.29, 1.82) is 0 Å². The van der Waals surface area contributed by atoms with Gasteiger partial charge in [0, 0.05) is 12.5 Å². The highest BCUT2D eigenvalue weighted by Gasteiger charge is 2.58. The van der Waals surface area contributed by atoms with Crippen LogP contribution in [0.3, 0.4) is 0 Å². The normalized spacial score (nSPS) is 29.7. The Bertz CT molecular complexity index is 893. The first-order valence-electron chi connectivity index (χ1n) is 8.19. The van der Waals surface area contributed by atoms with E-state index in [2.05, 4.69) is 0 Å². The number of nitrogens with two attached hydrogens (primary N) is 1. The van der Waals surface area contributed by atoms with Gasteiger partial charge in [0.25, 0.3) is 0 Å². The minimum absolute atomic E-state index is 0.0366. The summed E-state index contributed by atoms with van der Waals surface area (Å²) in [5, 5.41) is 0. The highest BCUT2D eigenvalue weighted by atomic mass is 32.2. The molecule has 2 fully saturated rings. The van der Waals surface area contributed by atoms with Gasteiger partial charge in [0.15, 0.2) is 9.84 Å². The molecule has 138 valence electrons. The maximum Gasteiger partial charge on any atom is 0.244 e. The first kappa shape index (κ1) is 18.3. The van der Waals surface area contributed by atoms with Gasteiger partial charge < -0.3 is 5.73 Å². The number of amides is 1. The van der Waals surface area contributed by atoms with Gasteiger partial charge in [-0.25, -0.2) is 16.8 Å². The summed E-state index contributed by atoms with van der Waals surface area (Å²) in [5.74, 6) is -1.60. The molecule has 2 aliphatic heterocycles. The van der Waals surface area contributed by atoms with Gasteiger partial charge in [0.05, 0.1) is 16.4 Å². The van der Waals surface area contributed by atoms with Gasteiger partial charge in [-0.2, -0.15) is 4.31 Å². The summed E-state index contributed by atoms with van der Waals surface area (Å²) < 4.78 is 51.3. The molecule has 1 amide bonds. The van der Waals surface area contributed by atoms with Gasteiger partial charge in [-0.15, -0.1) is 0 Å². The number of benzene rings is 1. The van der Waals surface area contributed by atoms with E-state index in [1.165, 1.54) is 12.1 Å². The van der Waals surface area contributed by atoms with E-state index in [0.717, 1.165) is 9.87 Å². The Hall–Kier alpha value is -1.45. The number of aryl methyl sites for hydroxylation is 1. The van der Waals surface area contributed by atoms with E-state index in [1.807, 2.05) is 6.92 Å². The number of carbonyl (C=O) groups excluding carboxylic acids is 1. The molecule has 7 nitrogen and oxygen atoms in total. The van der Waals surface area contributed by atoms with Crippen LogP contribution in [0.2, 0.25) is 0 Å². The molecule has 2 heterocycles. The van der Waals surface area contributed by atoms with Crippen LogP contribution in [0.25, 0.3) is 0 Å². The van der Waals surface area contributed by atoms with Crippen LogP contribution in [0.15, 0.2) is 29.2 Å². The molecule has 2 saturated heterocycles. The van der Waals surface area contributed by atoms with Crippen molar-refractivity contribution in [3.63, 3.8) is 0 Å². The van der Waals surface area contributed by atoms with Gasteiger partial charge in [-0.05, 0) is 38.3 Å². The van der Waals surface area contributed by atoms with E-state index in [1.54, 1.807) is 12.1 Å². The van der Waals surface area contributed by atoms with Crippen molar-refractivity contribution in [1.82, 2.24) is 4.31 Å². The Labute approximate surface area is 148 Å². The lowest BCUT2D eigenvalue weighted by Crippen LogP contribution is -2.60. The molecule has 0 radical (unpaired) electrons. The standard InChI is InChI=1S/C16H22N2O5S2/c1-12-3-5-14(6-4-12)25(22,23)18-9-2-8-16(18,15(17)19)13-7-10-24(20,21)11-13/h3-6,13H,2,7-11H2,1H3,(H2,17,19). The molecule has 1 aromatic carbocycles. The van der Waals surface area contributed by atoms with Crippen LogP contribution in [-0.4, -0.2) is 50.6 Å². The maximum absolute atomic E-state index is 13.2. The quantitative estimate of drug-likeness (QED) is 0.806. The van der Waals surface area contributed by atoms with Crippen LogP contribution >= 0.6 is 0 Å². The monoisotopic (exact) mass is 386 g/mol. The molecule has 0 bridgehead atoms. The lowest BCUT2D eigenvalue weighted by molar-refractivity contribution is -0.128. The molecule has 0 aromatic heterocycles. The van der Waals surface area contributed by atoms with Gasteiger partial charge in [0.1, 0.15) is 5.54 Å². The van der Waals surface area contributed by atoms with E-state index in [4.69, 9.17) is 5.73 Å². The van der Waals surface area contributed by atoms with Crippen molar-refractivity contribution in [3.8, 4) is 0 Å². The third kappa shape index (κ3) is 2.98. The van der Waals surface area contributed by atoms with Gasteiger partial charge in [0.2, 0.25) is 15.9 Å². The summed E-state index contributed by atoms with van der Waals surface area (Å²) in [6, 6.07) is 6.38. The molecule has 0 spiro atoms. The zero-order chi connectivity index (χ0) is 18.5. The smallest absolute Gasteiger partial charge is 0.244 e. The predicted octanol–water partition coefficient (Wildman–Crippen LogP) is 0.438. The van der Waals surface area contributed by atoms with Crippen molar-refractivity contribution in [2.45, 2.75) is 36.6 Å². The summed E-state index contributed by atoms with van der Waals surface area (Å²) in [6.07, 6.45) is 0.989. The van der Waals surface area contributed by atoms with Crippen molar-refractivity contribution < 1.29 is 21.6 Å². The van der Waals surface area contributed by atoms with Gasteiger partial charge in [-0.1, -0.05) is 17.7 Å². The third-order valence-electron chi connectivity index (χ3n) is 5.31. The Balaban J connectivity index is 2.07. The fourth-order valence-corrected chi connectivity index (χ4v) is 7.74. The fraction of sp³-hybridized carbons (Fsp3) is 0.562. The number of rotatable bonds is 4. The summed E-state index contributed by atoms with van der Waals surface area (Å²) in [6.45, 7) is 2.01. The van der Waals surface area contributed by atoms with Crippen LogP contribution in [0, 0.1) is 12.8 Å². The minimum atomic E-state index is -3.95. The Morgan fingerprint density at radius 1 is 1.28 bits per heavy atom. The third-order valence-corrected chi connectivity index (χ3v) is 9.03. The second kappa shape index (κ2) is 6.07. The molecule has 1 aromatic rings. The SMILES string of the molecule is Cc1ccc(S(=O)(=O)N2CCCC2(C(N)=O)C2CCS(=O)(=O)C2)cc1. The first-order valence-corrected chi connectivity index (χ1v) is 11.5. The van der Waals surface area contributed by atoms with Crippen LogP contribution in [0.4, 0.5) is 0 Å². The van der Waals surface area contributed by atoms with Crippen LogP contribution in [0.5, 0.6) is 0 Å². The molecular weight excluding hydrogens is 364 g/mol. The fourth-order valence-electron chi connectivity index (χ4n) is 4.02. The number of primary amides is 1. The average molecular weight is 386 g/mol. The van der Waals surface area contributed by atoms with Gasteiger partial charge >= 0.3 is 0 Å². The number of sulfone groups is 1. The highest BCUT2D eigenvalue weighted by molar-refractivity contribution is 7.91. The predicted molar refractivity (Wildman–Crippen MR) is 93.0 cm³/mol. The zero-order valence-electron chi connectivity index (χ0n) is 14.0. The molecule has 2 atom stereocenters. The molecule has 2 aliphatic rings. The van der Waals surface area contributed by atoms with Crippen LogP contribution in [-0.2, 0) is 24.7 Å². The van der Waals surface area contributed by atoms with Crippen molar-refractivity contribution in [2.24, 2.45) is 11.7 Å². The Kier molecular flexibility index (Phi) is 4.45. The van der Waals surface area contributed by atoms with Crippen molar-refractivity contribution in [3.05, 3.63) is 29.8 Å². The van der Waals surface area contributed by atoms with Crippen molar-refractivity contribution in [2.75, 3.05) is 18.1 Å². The lowest BCUT2D eigenvalue weighted by atomic mass is 9.81. The average Bonchev–Trinajstić information content (AvgIpc) is 3.12. The largest absolute Gasteiger partial charge is 0.368 e. The molecule has 2 N–H and O–H groups in total. The topological polar surface area (TPSA) is 115 Å². The summed E-state index contributed by atoms with van der Waals surface area (Å²) in [4.78, 5) is 12.5. The number of hydrogen-bond donors (Lipinski definition) is 1. The minimum Gasteiger partial charge on any atom is -0.368 e. The van der Waals surface area contributed by atoms with E-state index in [-0.39, 0.29) is 35.8 Å². The molecule has 25 heavy (non-hydrogen) atoms. The molecule has 0 saturated carbocycles. The molecule has 2 unspecified atom stereocenters. The van der Waals surface area contributed by atoms with E-state index in [9.17, 15) is 21.6 Å². The van der Waals surface area contributed by atoms with Crippen LogP contribution in [0.1, 0.15) is 24.8 Å². The highest BCUT2D eigenvalue weighted by Crippen LogP contribution is 2.44. The summed E-state index contributed by atoms with van der Waals surface area (Å²) >= 11 is 0. The molecule has 3 rings (SSSR count). The Morgan fingerprint density at radius 3 is 2.44 bits per heavy atom. The van der Waals surface area contributed by atoms with E-state index >= 15 is 0 Å². The number of nitrogens with zero attached hydrogens (tertiary/aromatic N) is 1. The first-order chi connectivity index (χ1) is 11.6. The second-order valence-electron chi connectivity index (χ2n) is 6.88. The van der Waals surface area contributed by atoms with E-state index < -0.39 is 37.2 Å². The lowest BCUT2D eigenvalue weighted by Gasteiger charge is -2.39. The number of sulfonamides is 1. The maximum atomic E-state index is 13.2. The van der Waals surface area contributed by atoms with Crippen LogP contribution < -0.4 is 5.73 Å². The van der Waals surface area contributed by atoms with Gasteiger partial charge in [-0.3, -0.25) is 4.79 Å². The van der Waals surface area contributed by atoms with Crippen molar-refractivity contribution >= 4 is 25.8 Å².